The molecule has 21 heavy (non-hydrogen) atoms. The van der Waals surface area contributed by atoms with E-state index < -0.39 is 5.82 Å². The van der Waals surface area contributed by atoms with Crippen LogP contribution in [0, 0.1) is 37.9 Å². The maximum Gasteiger partial charge on any atom is 0.147 e. The quantitative estimate of drug-likeness (QED) is 0.918. The van der Waals surface area contributed by atoms with E-state index in [4.69, 9.17) is 5.26 Å². The molecule has 2 rings (SSSR count). The second-order valence-corrected chi connectivity index (χ2v) is 5.25. The molecule has 1 unspecified atom stereocenters. The zero-order valence-electron chi connectivity index (χ0n) is 12.7. The molecule has 0 amide bonds. The second kappa shape index (κ2) is 5.92. The average Bonchev–Trinajstić information content (AvgIpc) is 2.39. The van der Waals surface area contributed by atoms with Crippen LogP contribution >= 0.6 is 0 Å². The number of benzene rings is 1. The molecule has 108 valence electrons. The molecule has 0 radical (unpaired) electrons. The molecule has 1 heterocycles. The van der Waals surface area contributed by atoms with Crippen LogP contribution in [-0.2, 0) is 0 Å². The average molecular weight is 283 g/mol. The highest BCUT2D eigenvalue weighted by atomic mass is 19.1. The van der Waals surface area contributed by atoms with E-state index >= 15 is 0 Å². The largest absolute Gasteiger partial charge is 0.376 e. The molecular weight excluding hydrogens is 265 g/mol. The minimum atomic E-state index is -0.420. The van der Waals surface area contributed by atoms with Crippen LogP contribution in [0.1, 0.15) is 41.0 Å². The number of hydrogen-bond donors (Lipinski definition) is 1. The van der Waals surface area contributed by atoms with Gasteiger partial charge in [-0.3, -0.25) is 4.98 Å². The van der Waals surface area contributed by atoms with Gasteiger partial charge in [0.1, 0.15) is 5.82 Å². The van der Waals surface area contributed by atoms with E-state index in [1.54, 1.807) is 12.1 Å². The lowest BCUT2D eigenvalue weighted by Gasteiger charge is -2.20. The van der Waals surface area contributed by atoms with Gasteiger partial charge in [0.2, 0.25) is 0 Å². The third-order valence-corrected chi connectivity index (χ3v) is 3.49. The molecule has 0 saturated heterocycles. The molecule has 2 aromatic rings. The summed E-state index contributed by atoms with van der Waals surface area (Å²) in [5.41, 5.74) is 4.83. The number of hydrogen-bond acceptors (Lipinski definition) is 3. The van der Waals surface area contributed by atoms with Gasteiger partial charge in [-0.25, -0.2) is 4.39 Å². The van der Waals surface area contributed by atoms with E-state index in [0.717, 1.165) is 22.5 Å². The van der Waals surface area contributed by atoms with Crippen molar-refractivity contribution in [2.45, 2.75) is 33.7 Å². The van der Waals surface area contributed by atoms with Crippen molar-refractivity contribution in [1.29, 1.82) is 5.26 Å². The summed E-state index contributed by atoms with van der Waals surface area (Å²) in [6, 6.07) is 8.32. The summed E-state index contributed by atoms with van der Waals surface area (Å²) in [6.07, 6.45) is 0. The zero-order chi connectivity index (χ0) is 15.6. The van der Waals surface area contributed by atoms with E-state index in [-0.39, 0.29) is 6.04 Å². The molecule has 0 aliphatic carbocycles. The highest BCUT2D eigenvalue weighted by molar-refractivity contribution is 5.51. The standard InChI is InChI=1S/C17H18FN3/c1-10-7-11(2)20-12(3)17(10)13(4)21-16-6-5-14(9-19)8-15(16)18/h5-8,13,21H,1-4H3. The molecule has 4 heteroatoms. The van der Waals surface area contributed by atoms with Gasteiger partial charge in [-0.05, 0) is 63.1 Å². The fourth-order valence-corrected chi connectivity index (χ4v) is 2.70. The monoisotopic (exact) mass is 283 g/mol. The third kappa shape index (κ3) is 3.19. The zero-order valence-corrected chi connectivity index (χ0v) is 12.7. The highest BCUT2D eigenvalue weighted by Gasteiger charge is 2.14. The second-order valence-electron chi connectivity index (χ2n) is 5.25. The van der Waals surface area contributed by atoms with Gasteiger partial charge in [0.25, 0.3) is 0 Å². The molecule has 1 aromatic heterocycles. The lowest BCUT2D eigenvalue weighted by molar-refractivity contribution is 0.626. The minimum absolute atomic E-state index is 0.0689. The van der Waals surface area contributed by atoms with Crippen molar-refractivity contribution in [2.24, 2.45) is 0 Å². The number of nitrogens with one attached hydrogen (secondary N) is 1. The number of aromatic nitrogens is 1. The Hall–Kier alpha value is -2.41. The van der Waals surface area contributed by atoms with E-state index in [2.05, 4.69) is 10.3 Å². The van der Waals surface area contributed by atoms with Crippen LogP contribution in [0.3, 0.4) is 0 Å². The van der Waals surface area contributed by atoms with Crippen molar-refractivity contribution >= 4 is 5.69 Å². The summed E-state index contributed by atoms with van der Waals surface area (Å²) in [4.78, 5) is 4.47. The van der Waals surface area contributed by atoms with Crippen LogP contribution in [0.15, 0.2) is 24.3 Å². The van der Waals surface area contributed by atoms with Gasteiger partial charge >= 0.3 is 0 Å². The van der Waals surface area contributed by atoms with Crippen LogP contribution in [0.2, 0.25) is 0 Å². The molecule has 0 bridgehead atoms. The Kier molecular flexibility index (Phi) is 4.23. The predicted molar refractivity (Wildman–Crippen MR) is 81.6 cm³/mol. The summed E-state index contributed by atoms with van der Waals surface area (Å²) in [5.74, 6) is -0.420. The van der Waals surface area contributed by atoms with Crippen LogP contribution in [0.25, 0.3) is 0 Å². The Morgan fingerprint density at radius 2 is 1.95 bits per heavy atom. The number of rotatable bonds is 3. The van der Waals surface area contributed by atoms with Crippen molar-refractivity contribution in [3.05, 3.63) is 58.2 Å². The number of halogens is 1. The maximum absolute atomic E-state index is 13.9. The first-order valence-corrected chi connectivity index (χ1v) is 6.83. The van der Waals surface area contributed by atoms with Gasteiger partial charge in [0, 0.05) is 11.4 Å². The minimum Gasteiger partial charge on any atom is -0.376 e. The maximum atomic E-state index is 13.9. The van der Waals surface area contributed by atoms with Crippen molar-refractivity contribution < 1.29 is 4.39 Å². The van der Waals surface area contributed by atoms with Crippen LogP contribution < -0.4 is 5.32 Å². The van der Waals surface area contributed by atoms with E-state index in [1.807, 2.05) is 39.8 Å². The predicted octanol–water partition coefficient (Wildman–Crippen LogP) is 4.19. The summed E-state index contributed by atoms with van der Waals surface area (Å²) in [7, 11) is 0. The Morgan fingerprint density at radius 3 is 2.52 bits per heavy atom. The smallest absolute Gasteiger partial charge is 0.147 e. The molecule has 1 aromatic carbocycles. The Morgan fingerprint density at radius 1 is 1.24 bits per heavy atom. The van der Waals surface area contributed by atoms with Gasteiger partial charge in [0.15, 0.2) is 0 Å². The summed E-state index contributed by atoms with van der Waals surface area (Å²) >= 11 is 0. The molecule has 0 spiro atoms. The van der Waals surface area contributed by atoms with Crippen molar-refractivity contribution in [3.63, 3.8) is 0 Å². The SMILES string of the molecule is Cc1cc(C)c(C(C)Nc2ccc(C#N)cc2F)c(C)n1. The normalized spacial score (nSPS) is 11.8. The van der Waals surface area contributed by atoms with E-state index in [9.17, 15) is 4.39 Å². The number of nitriles is 1. The van der Waals surface area contributed by atoms with Gasteiger partial charge in [-0.2, -0.15) is 5.26 Å². The van der Waals surface area contributed by atoms with Crippen LogP contribution in [-0.4, -0.2) is 4.98 Å². The lowest BCUT2D eigenvalue weighted by atomic mass is 10.00. The highest BCUT2D eigenvalue weighted by Crippen LogP contribution is 2.26. The Balaban J connectivity index is 2.31. The van der Waals surface area contributed by atoms with Crippen molar-refractivity contribution in [3.8, 4) is 6.07 Å². The van der Waals surface area contributed by atoms with Gasteiger partial charge < -0.3 is 5.32 Å². The van der Waals surface area contributed by atoms with Gasteiger partial charge in [-0.15, -0.1) is 0 Å². The van der Waals surface area contributed by atoms with Crippen LogP contribution in [0.5, 0.6) is 0 Å². The first kappa shape index (κ1) is 15.0. The topological polar surface area (TPSA) is 48.7 Å². The van der Waals surface area contributed by atoms with Crippen molar-refractivity contribution in [2.75, 3.05) is 5.32 Å². The molecule has 0 saturated carbocycles. The fourth-order valence-electron chi connectivity index (χ4n) is 2.70. The molecule has 0 aliphatic heterocycles. The summed E-state index contributed by atoms with van der Waals surface area (Å²) < 4.78 is 13.9. The lowest BCUT2D eigenvalue weighted by Crippen LogP contribution is -2.12. The third-order valence-electron chi connectivity index (χ3n) is 3.49. The summed E-state index contributed by atoms with van der Waals surface area (Å²) in [5, 5.41) is 11.9. The number of nitrogens with zero attached hydrogens (tertiary/aromatic N) is 2. The van der Waals surface area contributed by atoms with Gasteiger partial charge in [-0.1, -0.05) is 0 Å². The van der Waals surface area contributed by atoms with Crippen molar-refractivity contribution in [1.82, 2.24) is 4.98 Å². The molecule has 1 N–H and O–H groups in total. The van der Waals surface area contributed by atoms with Gasteiger partial charge in [0.05, 0.1) is 23.4 Å². The molecule has 0 aliphatic rings. The molecule has 3 nitrogen and oxygen atoms in total. The Bertz CT molecular complexity index is 693. The molecule has 1 atom stereocenters. The number of pyridine rings is 1. The summed E-state index contributed by atoms with van der Waals surface area (Å²) in [6.45, 7) is 7.93. The van der Waals surface area contributed by atoms with E-state index in [1.165, 1.54) is 6.07 Å². The first-order chi connectivity index (χ1) is 9.92. The number of anilines is 1. The molecular formula is C17H18FN3. The first-order valence-electron chi connectivity index (χ1n) is 6.83. The van der Waals surface area contributed by atoms with Crippen LogP contribution in [0.4, 0.5) is 10.1 Å². The molecule has 0 fully saturated rings. The fraction of sp³-hybridized carbons (Fsp3) is 0.294. The number of aryl methyl sites for hydroxylation is 3. The Labute approximate surface area is 124 Å². The van der Waals surface area contributed by atoms with E-state index in [0.29, 0.717) is 11.3 Å².